The number of anilines is 1. The van der Waals surface area contributed by atoms with Gasteiger partial charge < -0.3 is 10.6 Å². The largest absolute Gasteiger partial charge is 0.325 e. The Morgan fingerprint density at radius 2 is 1.65 bits per heavy atom. The van der Waals surface area contributed by atoms with Crippen molar-refractivity contribution >= 4 is 23.5 Å². The maximum absolute atomic E-state index is 13.2. The molecule has 1 aliphatic heterocycles. The molecule has 1 heterocycles. The number of aryl methyl sites for hydroxylation is 1. The fourth-order valence-electron chi connectivity index (χ4n) is 4.53. The molecule has 6 heteroatoms. The summed E-state index contributed by atoms with van der Waals surface area (Å²) in [6.07, 6.45) is 1.22. The number of para-hydroxylation sites is 1. The Hall–Kier alpha value is -3.93. The van der Waals surface area contributed by atoms with Crippen LogP contribution < -0.4 is 10.6 Å². The summed E-state index contributed by atoms with van der Waals surface area (Å²) in [5, 5.41) is 5.71. The van der Waals surface area contributed by atoms with Crippen molar-refractivity contribution in [3.63, 3.8) is 0 Å². The molecular formula is C25H21N3O3. The van der Waals surface area contributed by atoms with E-state index in [0.29, 0.717) is 18.5 Å². The van der Waals surface area contributed by atoms with Crippen molar-refractivity contribution in [1.29, 1.82) is 0 Å². The maximum atomic E-state index is 13.2. The summed E-state index contributed by atoms with van der Waals surface area (Å²) in [4.78, 5) is 39.7. The Morgan fingerprint density at radius 1 is 0.935 bits per heavy atom. The van der Waals surface area contributed by atoms with Gasteiger partial charge in [-0.15, -0.1) is 0 Å². The predicted molar refractivity (Wildman–Crippen MR) is 117 cm³/mol. The number of amides is 4. The summed E-state index contributed by atoms with van der Waals surface area (Å²) in [7, 11) is 0. The average Bonchev–Trinajstić information content (AvgIpc) is 3.28. The Morgan fingerprint density at radius 3 is 2.48 bits per heavy atom. The first-order chi connectivity index (χ1) is 15.1. The van der Waals surface area contributed by atoms with Gasteiger partial charge in [-0.3, -0.25) is 14.5 Å². The first-order valence-electron chi connectivity index (χ1n) is 10.3. The lowest BCUT2D eigenvalue weighted by Gasteiger charge is -2.22. The van der Waals surface area contributed by atoms with Crippen LogP contribution in [0, 0.1) is 0 Å². The highest BCUT2D eigenvalue weighted by atomic mass is 16.2. The Labute approximate surface area is 179 Å². The van der Waals surface area contributed by atoms with E-state index in [1.807, 2.05) is 72.8 Å². The molecule has 2 N–H and O–H groups in total. The lowest BCUT2D eigenvalue weighted by molar-refractivity contribution is -0.134. The van der Waals surface area contributed by atoms with Crippen molar-refractivity contribution < 1.29 is 14.4 Å². The van der Waals surface area contributed by atoms with Gasteiger partial charge in [-0.05, 0) is 35.6 Å². The fourth-order valence-corrected chi connectivity index (χ4v) is 4.53. The number of carbonyl (C=O) groups excluding carboxylic acids is 3. The summed E-state index contributed by atoms with van der Waals surface area (Å²) in [5.74, 6) is -0.788. The molecule has 5 rings (SSSR count). The van der Waals surface area contributed by atoms with Crippen molar-refractivity contribution in [1.82, 2.24) is 10.2 Å². The number of carbonyl (C=O) groups is 3. The molecule has 2 aliphatic rings. The van der Waals surface area contributed by atoms with Crippen LogP contribution in [-0.4, -0.2) is 29.3 Å². The first-order valence-corrected chi connectivity index (χ1v) is 10.3. The molecule has 1 unspecified atom stereocenters. The highest BCUT2D eigenvalue weighted by molar-refractivity contribution is 6.11. The summed E-state index contributed by atoms with van der Waals surface area (Å²) in [6.45, 7) is -0.336. The van der Waals surface area contributed by atoms with Gasteiger partial charge in [0, 0.05) is 11.3 Å². The van der Waals surface area contributed by atoms with Gasteiger partial charge >= 0.3 is 6.03 Å². The van der Waals surface area contributed by atoms with Crippen molar-refractivity contribution in [2.45, 2.75) is 18.4 Å². The molecule has 3 aromatic carbocycles. The number of benzene rings is 3. The molecule has 3 aromatic rings. The quantitative estimate of drug-likeness (QED) is 0.643. The fraction of sp³-hybridized carbons (Fsp3) is 0.160. The first kappa shape index (κ1) is 19.1. The van der Waals surface area contributed by atoms with E-state index in [4.69, 9.17) is 0 Å². The smallest absolute Gasteiger partial charge is 0.324 e. The summed E-state index contributed by atoms with van der Waals surface area (Å²) in [5.41, 5.74) is 3.29. The van der Waals surface area contributed by atoms with Gasteiger partial charge in [-0.1, -0.05) is 72.8 Å². The molecule has 4 amide bonds. The van der Waals surface area contributed by atoms with Crippen molar-refractivity contribution in [3.05, 3.63) is 90.0 Å². The summed E-state index contributed by atoms with van der Waals surface area (Å²) in [6, 6.07) is 24.3. The molecule has 154 valence electrons. The molecule has 0 bridgehead atoms. The number of fused-ring (bicyclic) bond motifs is 2. The highest BCUT2D eigenvalue weighted by Crippen LogP contribution is 2.41. The van der Waals surface area contributed by atoms with Crippen LogP contribution in [0.3, 0.4) is 0 Å². The topological polar surface area (TPSA) is 78.5 Å². The van der Waals surface area contributed by atoms with Crippen molar-refractivity contribution in [2.24, 2.45) is 0 Å². The average molecular weight is 411 g/mol. The molecule has 0 saturated carbocycles. The normalized spacial score (nSPS) is 19.4. The van der Waals surface area contributed by atoms with Crippen LogP contribution in [0.4, 0.5) is 10.5 Å². The molecule has 1 spiro atoms. The Kier molecular flexibility index (Phi) is 4.55. The van der Waals surface area contributed by atoms with E-state index < -0.39 is 17.5 Å². The zero-order valence-electron chi connectivity index (χ0n) is 16.8. The lowest BCUT2D eigenvalue weighted by Crippen LogP contribution is -2.43. The van der Waals surface area contributed by atoms with Gasteiger partial charge in [0.25, 0.3) is 5.91 Å². The maximum Gasteiger partial charge on any atom is 0.325 e. The van der Waals surface area contributed by atoms with Crippen molar-refractivity contribution in [3.8, 4) is 11.1 Å². The van der Waals surface area contributed by atoms with E-state index in [2.05, 4.69) is 10.6 Å². The second kappa shape index (κ2) is 7.40. The second-order valence-corrected chi connectivity index (χ2v) is 7.84. The number of nitrogens with zero attached hydrogens (tertiary/aromatic N) is 1. The van der Waals surface area contributed by atoms with Crippen LogP contribution in [0.5, 0.6) is 0 Å². The minimum absolute atomic E-state index is 0.336. The number of rotatable bonds is 4. The third-order valence-corrected chi connectivity index (χ3v) is 6.01. The standard InChI is InChI=1S/C25H21N3O3/c29-22(26-21-13-7-5-11-19(21)17-8-2-1-3-9-17)16-28-23(30)25(27-24(28)31)15-14-18-10-4-6-12-20(18)25/h1-13H,14-16H2,(H,26,29)(H,27,31). The van der Waals surface area contributed by atoms with Gasteiger partial charge in [-0.25, -0.2) is 4.79 Å². The number of hydrogen-bond acceptors (Lipinski definition) is 3. The van der Waals surface area contributed by atoms with E-state index in [-0.39, 0.29) is 12.5 Å². The molecule has 1 aliphatic carbocycles. The highest BCUT2D eigenvalue weighted by Gasteiger charge is 2.55. The van der Waals surface area contributed by atoms with Crippen LogP contribution in [0.25, 0.3) is 11.1 Å². The summed E-state index contributed by atoms with van der Waals surface area (Å²) >= 11 is 0. The van der Waals surface area contributed by atoms with E-state index in [9.17, 15) is 14.4 Å². The SMILES string of the molecule is O=C(CN1C(=O)NC2(CCc3ccccc32)C1=O)Nc1ccccc1-c1ccccc1. The molecule has 31 heavy (non-hydrogen) atoms. The van der Waals surface area contributed by atoms with E-state index in [1.165, 1.54) is 0 Å². The van der Waals surface area contributed by atoms with Crippen LogP contribution in [0.15, 0.2) is 78.9 Å². The van der Waals surface area contributed by atoms with Crippen LogP contribution in [0.2, 0.25) is 0 Å². The number of imide groups is 1. The zero-order chi connectivity index (χ0) is 21.4. The minimum atomic E-state index is -1.06. The molecule has 1 atom stereocenters. The van der Waals surface area contributed by atoms with E-state index in [0.717, 1.165) is 27.2 Å². The molecule has 6 nitrogen and oxygen atoms in total. The van der Waals surface area contributed by atoms with Crippen LogP contribution in [0.1, 0.15) is 17.5 Å². The number of urea groups is 1. The molecule has 0 aromatic heterocycles. The van der Waals surface area contributed by atoms with Gasteiger partial charge in [0.05, 0.1) is 0 Å². The second-order valence-electron chi connectivity index (χ2n) is 7.84. The minimum Gasteiger partial charge on any atom is -0.324 e. The van der Waals surface area contributed by atoms with Crippen LogP contribution in [-0.2, 0) is 21.5 Å². The monoisotopic (exact) mass is 411 g/mol. The lowest BCUT2D eigenvalue weighted by atomic mass is 9.92. The van der Waals surface area contributed by atoms with Crippen molar-refractivity contribution in [2.75, 3.05) is 11.9 Å². The third kappa shape index (κ3) is 3.17. The number of nitrogens with one attached hydrogen (secondary N) is 2. The van der Waals surface area contributed by atoms with Gasteiger partial charge in [0.15, 0.2) is 0 Å². The Balaban J connectivity index is 1.36. The third-order valence-electron chi connectivity index (χ3n) is 6.01. The summed E-state index contributed by atoms with van der Waals surface area (Å²) < 4.78 is 0. The van der Waals surface area contributed by atoms with Gasteiger partial charge in [-0.2, -0.15) is 0 Å². The molecule has 1 saturated heterocycles. The van der Waals surface area contributed by atoms with E-state index >= 15 is 0 Å². The van der Waals surface area contributed by atoms with Gasteiger partial charge in [0.2, 0.25) is 5.91 Å². The Bertz CT molecular complexity index is 1190. The van der Waals surface area contributed by atoms with E-state index in [1.54, 1.807) is 6.07 Å². The molecule has 1 fully saturated rings. The van der Waals surface area contributed by atoms with Crippen LogP contribution >= 0.6 is 0 Å². The molecular weight excluding hydrogens is 390 g/mol. The predicted octanol–water partition coefficient (Wildman–Crippen LogP) is 3.69. The molecule has 0 radical (unpaired) electrons. The van der Waals surface area contributed by atoms with Gasteiger partial charge in [0.1, 0.15) is 12.1 Å². The number of hydrogen-bond donors (Lipinski definition) is 2. The zero-order valence-corrected chi connectivity index (χ0v) is 16.8.